The van der Waals surface area contributed by atoms with E-state index in [1.54, 1.807) is 6.92 Å². The molecule has 0 saturated carbocycles. The van der Waals surface area contributed by atoms with E-state index in [4.69, 9.17) is 4.74 Å². The van der Waals surface area contributed by atoms with Gasteiger partial charge in [-0.3, -0.25) is 9.47 Å². The van der Waals surface area contributed by atoms with Crippen LogP contribution in [0, 0.1) is 0 Å². The Morgan fingerprint density at radius 2 is 1.06 bits per heavy atom. The fraction of sp³-hybridized carbons (Fsp3) is 1.00. The third-order valence-corrected chi connectivity index (χ3v) is 3.94. The van der Waals surface area contributed by atoms with Crippen LogP contribution >= 0.6 is 0 Å². The summed E-state index contributed by atoms with van der Waals surface area (Å²) in [5, 5.41) is 0. The van der Waals surface area contributed by atoms with Crippen LogP contribution in [0.2, 0.25) is 0 Å². The van der Waals surface area contributed by atoms with Crippen molar-refractivity contribution in [3.05, 3.63) is 0 Å². The minimum absolute atomic E-state index is 0.318. The predicted molar refractivity (Wildman–Crippen MR) is 79.4 cm³/mol. The average Bonchev–Trinajstić information content (AvgIpc) is 2.63. The molecule has 21 heteroatoms. The Morgan fingerprint density at radius 1 is 0.583 bits per heavy atom. The first kappa shape index (κ1) is 34.6. The summed E-state index contributed by atoms with van der Waals surface area (Å²) in [4.78, 5) is 0. The van der Waals surface area contributed by atoms with Crippen LogP contribution in [0.25, 0.3) is 0 Å². The van der Waals surface area contributed by atoms with Crippen LogP contribution < -0.4 is 0 Å². The molecule has 3 atom stereocenters. The number of hydrogen-bond donors (Lipinski definition) is 0. The van der Waals surface area contributed by atoms with Gasteiger partial charge in [-0.15, -0.1) is 0 Å². The Labute approximate surface area is 189 Å². The zero-order valence-electron chi connectivity index (χ0n) is 17.5. The van der Waals surface area contributed by atoms with Gasteiger partial charge in [0.05, 0.1) is 19.3 Å². The number of rotatable bonds is 13. The van der Waals surface area contributed by atoms with Gasteiger partial charge in [0, 0.05) is 0 Å². The molecule has 0 heterocycles. The second kappa shape index (κ2) is 10.8. The van der Waals surface area contributed by atoms with Gasteiger partial charge >= 0.3 is 48.4 Å². The van der Waals surface area contributed by atoms with E-state index in [9.17, 15) is 74.6 Å². The first-order chi connectivity index (χ1) is 15.6. The van der Waals surface area contributed by atoms with Crippen molar-refractivity contribution >= 4 is 0 Å². The third kappa shape index (κ3) is 7.36. The zero-order valence-corrected chi connectivity index (χ0v) is 17.5. The maximum absolute atomic E-state index is 14.1. The standard InChI is InChI=1S/C15H15F17O4/c1-3-7(2)34-5-4-33-6-8(16,11(20,21)22)35-15(31,32)10(19,13(26,27)28)36-14(29,30)9(17,18)12(23,24)25/h7H,3-6H2,1-2H3. The predicted octanol–water partition coefficient (Wildman–Crippen LogP) is 6.69. The van der Waals surface area contributed by atoms with E-state index >= 15 is 0 Å². The first-order valence-corrected chi connectivity index (χ1v) is 8.93. The summed E-state index contributed by atoms with van der Waals surface area (Å²) in [6.45, 7) is -1.63. The molecule has 0 aliphatic rings. The highest BCUT2D eigenvalue weighted by Gasteiger charge is 2.85. The minimum atomic E-state index is -7.90. The van der Waals surface area contributed by atoms with E-state index < -0.39 is 74.3 Å². The second-order valence-corrected chi connectivity index (χ2v) is 6.77. The fourth-order valence-corrected chi connectivity index (χ4v) is 1.76. The maximum Gasteiger partial charge on any atom is 0.462 e. The van der Waals surface area contributed by atoms with E-state index in [0.717, 1.165) is 0 Å². The van der Waals surface area contributed by atoms with Gasteiger partial charge in [-0.1, -0.05) is 6.92 Å². The molecule has 218 valence electrons. The van der Waals surface area contributed by atoms with E-state index in [1.165, 1.54) is 11.7 Å². The molecular formula is C15H15F17O4. The van der Waals surface area contributed by atoms with Crippen molar-refractivity contribution in [2.75, 3.05) is 19.8 Å². The fourth-order valence-electron chi connectivity index (χ4n) is 1.76. The highest BCUT2D eigenvalue weighted by molar-refractivity contribution is 4.95. The molecular weight excluding hydrogens is 567 g/mol. The van der Waals surface area contributed by atoms with E-state index in [1.807, 2.05) is 0 Å². The van der Waals surface area contributed by atoms with Gasteiger partial charge in [0.15, 0.2) is 0 Å². The Balaban J connectivity index is 6.19. The molecule has 0 aromatic rings. The van der Waals surface area contributed by atoms with Crippen LogP contribution in [0.3, 0.4) is 0 Å². The maximum atomic E-state index is 14.1. The Hall–Kier alpha value is -1.35. The lowest BCUT2D eigenvalue weighted by molar-refractivity contribution is -0.553. The Morgan fingerprint density at radius 3 is 1.42 bits per heavy atom. The quantitative estimate of drug-likeness (QED) is 0.179. The lowest BCUT2D eigenvalue weighted by Gasteiger charge is -2.40. The van der Waals surface area contributed by atoms with Crippen LogP contribution in [-0.4, -0.2) is 74.3 Å². The van der Waals surface area contributed by atoms with Gasteiger partial charge < -0.3 is 9.47 Å². The summed E-state index contributed by atoms with van der Waals surface area (Å²) in [5.74, 6) is -21.9. The molecule has 0 spiro atoms. The smallest absolute Gasteiger partial charge is 0.376 e. The largest absolute Gasteiger partial charge is 0.462 e. The summed E-state index contributed by atoms with van der Waals surface area (Å²) in [5.41, 5.74) is 0. The molecule has 0 rings (SSSR count). The van der Waals surface area contributed by atoms with Crippen LogP contribution in [0.5, 0.6) is 0 Å². The zero-order chi connectivity index (χ0) is 29.2. The van der Waals surface area contributed by atoms with Crippen molar-refractivity contribution in [3.8, 4) is 0 Å². The SMILES string of the molecule is CCC(C)OCCOCC(F)(OC(F)(F)C(F)(OC(F)(F)C(F)(F)C(F)(F)F)C(F)(F)F)C(F)(F)F. The summed E-state index contributed by atoms with van der Waals surface area (Å²) < 4.78 is 233. The van der Waals surface area contributed by atoms with Crippen LogP contribution in [0.4, 0.5) is 74.6 Å². The summed E-state index contributed by atoms with van der Waals surface area (Å²) in [6, 6.07) is 0. The molecule has 0 aliphatic heterocycles. The van der Waals surface area contributed by atoms with E-state index in [2.05, 4.69) is 9.47 Å². The number of alkyl halides is 17. The highest BCUT2D eigenvalue weighted by Crippen LogP contribution is 2.56. The molecule has 3 unspecified atom stereocenters. The van der Waals surface area contributed by atoms with Crippen molar-refractivity contribution in [2.45, 2.75) is 74.8 Å². The van der Waals surface area contributed by atoms with Crippen molar-refractivity contribution in [1.82, 2.24) is 0 Å². The number of halogens is 17. The van der Waals surface area contributed by atoms with Gasteiger partial charge in [0.1, 0.15) is 6.61 Å². The van der Waals surface area contributed by atoms with Gasteiger partial charge in [-0.05, 0) is 13.3 Å². The van der Waals surface area contributed by atoms with Gasteiger partial charge in [0.2, 0.25) is 0 Å². The minimum Gasteiger partial charge on any atom is -0.376 e. The Kier molecular flexibility index (Phi) is 10.4. The molecule has 36 heavy (non-hydrogen) atoms. The summed E-state index contributed by atoms with van der Waals surface area (Å²) >= 11 is 0. The summed E-state index contributed by atoms with van der Waals surface area (Å²) in [7, 11) is 0. The molecule has 0 fully saturated rings. The lowest BCUT2D eigenvalue weighted by Crippen LogP contribution is -2.67. The van der Waals surface area contributed by atoms with Crippen LogP contribution in [0.15, 0.2) is 0 Å². The number of ether oxygens (including phenoxy) is 4. The van der Waals surface area contributed by atoms with Gasteiger partial charge in [-0.2, -0.15) is 74.6 Å². The van der Waals surface area contributed by atoms with Crippen molar-refractivity contribution in [3.63, 3.8) is 0 Å². The van der Waals surface area contributed by atoms with Crippen molar-refractivity contribution in [1.29, 1.82) is 0 Å². The van der Waals surface area contributed by atoms with Crippen LogP contribution in [-0.2, 0) is 18.9 Å². The Bertz CT molecular complexity index is 704. The molecule has 0 aromatic heterocycles. The average molecular weight is 582 g/mol. The molecule has 0 amide bonds. The van der Waals surface area contributed by atoms with Crippen molar-refractivity contribution < 1.29 is 93.6 Å². The van der Waals surface area contributed by atoms with Crippen LogP contribution in [0.1, 0.15) is 20.3 Å². The van der Waals surface area contributed by atoms with Crippen molar-refractivity contribution in [2.24, 2.45) is 0 Å². The molecule has 0 radical (unpaired) electrons. The highest BCUT2D eigenvalue weighted by atomic mass is 19.4. The topological polar surface area (TPSA) is 36.9 Å². The normalized spacial score (nSPS) is 19.1. The van der Waals surface area contributed by atoms with E-state index in [0.29, 0.717) is 6.42 Å². The molecule has 0 N–H and O–H groups in total. The van der Waals surface area contributed by atoms with E-state index in [-0.39, 0.29) is 0 Å². The molecule has 0 saturated heterocycles. The third-order valence-electron chi connectivity index (χ3n) is 3.94. The monoisotopic (exact) mass is 582 g/mol. The second-order valence-electron chi connectivity index (χ2n) is 6.77. The van der Waals surface area contributed by atoms with Gasteiger partial charge in [0.25, 0.3) is 0 Å². The molecule has 0 bridgehead atoms. The molecule has 0 aromatic carbocycles. The lowest BCUT2D eigenvalue weighted by atomic mass is 10.2. The molecule has 0 aliphatic carbocycles. The summed E-state index contributed by atoms with van der Waals surface area (Å²) in [6.07, 6.45) is -38.0. The van der Waals surface area contributed by atoms with Gasteiger partial charge in [-0.25, -0.2) is 0 Å². The molecule has 4 nitrogen and oxygen atoms in total. The first-order valence-electron chi connectivity index (χ1n) is 8.93. The number of hydrogen-bond acceptors (Lipinski definition) is 4.